The fraction of sp³-hybridized carbons (Fsp3) is 0.407. The Morgan fingerprint density at radius 2 is 1.88 bits per heavy atom. The Morgan fingerprint density at radius 3 is 2.65 bits per heavy atom. The number of fused-ring (bicyclic) bond motifs is 1. The van der Waals surface area contributed by atoms with E-state index in [1.807, 2.05) is 24.3 Å². The molecule has 2 N–H and O–H groups in total. The molecule has 2 heterocycles. The van der Waals surface area contributed by atoms with E-state index in [9.17, 15) is 4.79 Å². The van der Waals surface area contributed by atoms with Gasteiger partial charge in [-0.25, -0.2) is 0 Å². The minimum absolute atomic E-state index is 0.0649. The Kier molecular flexibility index (Phi) is 8.32. The van der Waals surface area contributed by atoms with Crippen LogP contribution in [0.1, 0.15) is 30.5 Å². The molecule has 3 aromatic rings. The number of aromatic amines is 1. The van der Waals surface area contributed by atoms with E-state index < -0.39 is 0 Å². The van der Waals surface area contributed by atoms with E-state index in [1.54, 1.807) is 0 Å². The molecule has 1 fully saturated rings. The highest BCUT2D eigenvalue weighted by Gasteiger charge is 2.17. The smallest absolute Gasteiger partial charge is 0.253 e. The van der Waals surface area contributed by atoms with Crippen molar-refractivity contribution in [1.29, 1.82) is 0 Å². The molecule has 0 aliphatic carbocycles. The molecule has 0 atom stereocenters. The highest BCUT2D eigenvalue weighted by Crippen LogP contribution is 2.18. The van der Waals surface area contributed by atoms with Crippen molar-refractivity contribution in [3.05, 3.63) is 75.6 Å². The molecular weight excluding hydrogens is 444 g/mol. The Hall–Kier alpha value is -2.74. The maximum atomic E-state index is 12.9. The van der Waals surface area contributed by atoms with Gasteiger partial charge in [0, 0.05) is 42.9 Å². The van der Waals surface area contributed by atoms with Gasteiger partial charge in [-0.05, 0) is 65.8 Å². The van der Waals surface area contributed by atoms with E-state index in [-0.39, 0.29) is 5.56 Å². The third kappa shape index (κ3) is 6.03. The van der Waals surface area contributed by atoms with Crippen LogP contribution in [-0.2, 0) is 24.1 Å². The van der Waals surface area contributed by atoms with Gasteiger partial charge in [-0.2, -0.15) is 0 Å². The summed E-state index contributed by atoms with van der Waals surface area (Å²) in [5.41, 5.74) is 5.01. The number of ether oxygens (including phenoxy) is 1. The summed E-state index contributed by atoms with van der Waals surface area (Å²) < 4.78 is 5.49. The molecule has 1 aliphatic heterocycles. The minimum atomic E-state index is -0.0649. The lowest BCUT2D eigenvalue weighted by atomic mass is 10.1. The topological polar surface area (TPSA) is 60.6 Å². The van der Waals surface area contributed by atoms with Crippen LogP contribution in [0.25, 0.3) is 10.9 Å². The molecule has 6 nitrogen and oxygen atoms in total. The second-order valence-electron chi connectivity index (χ2n) is 8.72. The Labute approximate surface area is 206 Å². The molecule has 2 aromatic carbocycles. The number of benzene rings is 2. The van der Waals surface area contributed by atoms with Gasteiger partial charge in [0.1, 0.15) is 0 Å². The molecule has 180 valence electrons. The zero-order valence-electron chi connectivity index (χ0n) is 20.1. The molecule has 0 saturated carbocycles. The molecule has 0 radical (unpaired) electrons. The SMILES string of the molecule is CCc1ccc2[nH]c(=O)c(CN(CCN3CCOCC3)C(=S)Nc3ccccc3CC)cc2c1. The summed E-state index contributed by atoms with van der Waals surface area (Å²) in [4.78, 5) is 20.5. The van der Waals surface area contributed by atoms with Gasteiger partial charge in [0.15, 0.2) is 5.11 Å². The van der Waals surface area contributed by atoms with Crippen LogP contribution in [0.3, 0.4) is 0 Å². The van der Waals surface area contributed by atoms with Crippen molar-refractivity contribution in [3.63, 3.8) is 0 Å². The number of pyridine rings is 1. The first-order chi connectivity index (χ1) is 16.6. The summed E-state index contributed by atoms with van der Waals surface area (Å²) >= 11 is 5.87. The fourth-order valence-corrected chi connectivity index (χ4v) is 4.59. The Morgan fingerprint density at radius 1 is 1.09 bits per heavy atom. The second kappa shape index (κ2) is 11.6. The molecular formula is C27H34N4O2S. The second-order valence-corrected chi connectivity index (χ2v) is 9.10. The number of nitrogens with zero attached hydrogens (tertiary/aromatic N) is 2. The van der Waals surface area contributed by atoms with Crippen molar-refractivity contribution in [2.45, 2.75) is 33.2 Å². The molecule has 34 heavy (non-hydrogen) atoms. The number of nitrogens with one attached hydrogen (secondary N) is 2. The molecule has 0 amide bonds. The van der Waals surface area contributed by atoms with Crippen LogP contribution in [-0.4, -0.2) is 59.3 Å². The van der Waals surface area contributed by atoms with Crippen LogP contribution in [0.4, 0.5) is 5.69 Å². The highest BCUT2D eigenvalue weighted by molar-refractivity contribution is 7.80. The summed E-state index contributed by atoms with van der Waals surface area (Å²) in [6, 6.07) is 16.4. The van der Waals surface area contributed by atoms with Crippen LogP contribution in [0, 0.1) is 0 Å². The standard InChI is InChI=1S/C27H34N4O2S/c1-3-20-9-10-25-22(17-20)18-23(26(32)28-25)19-31(12-11-30-13-15-33-16-14-30)27(34)29-24-8-6-5-7-21(24)4-2/h5-10,17-18H,3-4,11-16,19H2,1-2H3,(H,28,32)(H,29,34). The zero-order chi connectivity index (χ0) is 23.9. The lowest BCUT2D eigenvalue weighted by Gasteiger charge is -2.31. The highest BCUT2D eigenvalue weighted by atomic mass is 32.1. The van der Waals surface area contributed by atoms with E-state index in [0.29, 0.717) is 11.7 Å². The minimum Gasteiger partial charge on any atom is -0.379 e. The number of aromatic nitrogens is 1. The molecule has 0 spiro atoms. The van der Waals surface area contributed by atoms with E-state index in [0.717, 1.165) is 74.4 Å². The first kappa shape index (κ1) is 24.4. The summed E-state index contributed by atoms with van der Waals surface area (Å²) in [5.74, 6) is 0. The predicted molar refractivity (Wildman–Crippen MR) is 144 cm³/mol. The number of morpholine rings is 1. The van der Waals surface area contributed by atoms with Crippen LogP contribution < -0.4 is 10.9 Å². The monoisotopic (exact) mass is 478 g/mol. The first-order valence-electron chi connectivity index (χ1n) is 12.2. The first-order valence-corrected chi connectivity index (χ1v) is 12.6. The van der Waals surface area contributed by atoms with Gasteiger partial charge in [-0.3, -0.25) is 9.69 Å². The van der Waals surface area contributed by atoms with Crippen molar-refractivity contribution in [1.82, 2.24) is 14.8 Å². The van der Waals surface area contributed by atoms with Crippen molar-refractivity contribution in [3.8, 4) is 0 Å². The number of hydrogen-bond donors (Lipinski definition) is 2. The van der Waals surface area contributed by atoms with E-state index in [4.69, 9.17) is 17.0 Å². The molecule has 7 heteroatoms. The number of aryl methyl sites for hydroxylation is 2. The third-order valence-corrected chi connectivity index (χ3v) is 6.83. The quantitative estimate of drug-likeness (QED) is 0.474. The lowest BCUT2D eigenvalue weighted by Crippen LogP contribution is -2.44. The Balaban J connectivity index is 1.58. The van der Waals surface area contributed by atoms with Gasteiger partial charge in [-0.15, -0.1) is 0 Å². The zero-order valence-corrected chi connectivity index (χ0v) is 20.9. The fourth-order valence-electron chi connectivity index (χ4n) is 4.33. The van der Waals surface area contributed by atoms with Gasteiger partial charge in [0.2, 0.25) is 0 Å². The molecule has 1 saturated heterocycles. The number of rotatable bonds is 8. The summed E-state index contributed by atoms with van der Waals surface area (Å²) in [5, 5.41) is 5.13. The predicted octanol–water partition coefficient (Wildman–Crippen LogP) is 4.18. The van der Waals surface area contributed by atoms with Crippen LogP contribution >= 0.6 is 12.2 Å². The number of hydrogen-bond acceptors (Lipinski definition) is 4. The molecule has 0 bridgehead atoms. The largest absolute Gasteiger partial charge is 0.379 e. The number of para-hydroxylation sites is 1. The van der Waals surface area contributed by atoms with Crippen LogP contribution in [0.2, 0.25) is 0 Å². The van der Waals surface area contributed by atoms with Gasteiger partial charge >= 0.3 is 0 Å². The van der Waals surface area contributed by atoms with Crippen LogP contribution in [0.15, 0.2) is 53.3 Å². The van der Waals surface area contributed by atoms with E-state index >= 15 is 0 Å². The van der Waals surface area contributed by atoms with Crippen LogP contribution in [0.5, 0.6) is 0 Å². The molecule has 0 unspecified atom stereocenters. The number of H-pyrrole nitrogens is 1. The van der Waals surface area contributed by atoms with Gasteiger partial charge in [-0.1, -0.05) is 38.1 Å². The van der Waals surface area contributed by atoms with Gasteiger partial charge in [0.25, 0.3) is 5.56 Å². The van der Waals surface area contributed by atoms with E-state index in [2.05, 4.69) is 58.2 Å². The van der Waals surface area contributed by atoms with Crippen molar-refractivity contribution < 1.29 is 4.74 Å². The van der Waals surface area contributed by atoms with Crippen molar-refractivity contribution >= 4 is 33.9 Å². The van der Waals surface area contributed by atoms with Crippen molar-refractivity contribution in [2.75, 3.05) is 44.7 Å². The molecule has 1 aromatic heterocycles. The number of thiocarbonyl (C=S) groups is 1. The summed E-state index contributed by atoms with van der Waals surface area (Å²) in [7, 11) is 0. The Bertz CT molecular complexity index is 1190. The van der Waals surface area contributed by atoms with Crippen molar-refractivity contribution in [2.24, 2.45) is 0 Å². The maximum Gasteiger partial charge on any atom is 0.253 e. The average molecular weight is 479 g/mol. The summed E-state index contributed by atoms with van der Waals surface area (Å²) in [6.07, 6.45) is 1.88. The number of anilines is 1. The average Bonchev–Trinajstić information content (AvgIpc) is 2.87. The molecule has 4 rings (SSSR count). The normalized spacial score (nSPS) is 14.3. The lowest BCUT2D eigenvalue weighted by molar-refractivity contribution is 0.0358. The van der Waals surface area contributed by atoms with E-state index in [1.165, 1.54) is 11.1 Å². The van der Waals surface area contributed by atoms with Gasteiger partial charge in [0.05, 0.1) is 19.8 Å². The third-order valence-electron chi connectivity index (χ3n) is 6.47. The van der Waals surface area contributed by atoms with Gasteiger partial charge < -0.3 is 19.9 Å². The maximum absolute atomic E-state index is 12.9. The molecule has 1 aliphatic rings. The summed E-state index contributed by atoms with van der Waals surface area (Å²) in [6.45, 7) is 9.68.